The third-order valence-electron chi connectivity index (χ3n) is 8.27. The molecule has 1 saturated heterocycles. The molecule has 1 aromatic carbocycles. The maximum atomic E-state index is 13.0. The van der Waals surface area contributed by atoms with E-state index in [1.807, 2.05) is 0 Å². The zero-order chi connectivity index (χ0) is 24.8. The van der Waals surface area contributed by atoms with Crippen LogP contribution in [0.2, 0.25) is 0 Å². The van der Waals surface area contributed by atoms with Crippen LogP contribution in [0.4, 0.5) is 0 Å². The molecule has 1 fully saturated rings. The number of carbonyl (C=O) groups excluding carboxylic acids is 1. The highest BCUT2D eigenvalue weighted by Crippen LogP contribution is 2.52. The number of aryl methyl sites for hydroxylation is 1. The van der Waals surface area contributed by atoms with Gasteiger partial charge in [-0.3, -0.25) is 4.79 Å². The van der Waals surface area contributed by atoms with Crippen molar-refractivity contribution in [3.05, 3.63) is 28.8 Å². The number of hydrogen-bond donors (Lipinski definition) is 0. The Morgan fingerprint density at radius 1 is 1.09 bits per heavy atom. The fourth-order valence-corrected chi connectivity index (χ4v) is 6.17. The number of likely N-dealkylation sites (tertiary alicyclic amines) is 1. The predicted octanol–water partition coefficient (Wildman–Crippen LogP) is 7.73. The van der Waals surface area contributed by atoms with Crippen molar-refractivity contribution < 1.29 is 14.3 Å². The molecule has 1 atom stereocenters. The molecule has 0 radical (unpaired) electrons. The molecule has 0 bridgehead atoms. The van der Waals surface area contributed by atoms with Crippen LogP contribution in [0, 0.1) is 5.92 Å². The largest absolute Gasteiger partial charge is 0.483 e. The molecular weight excluding hydrogens is 434 g/mol. The maximum Gasteiger partial charge on any atom is 0.312 e. The highest BCUT2D eigenvalue weighted by molar-refractivity contribution is 5.84. The number of esters is 1. The second-order valence-electron chi connectivity index (χ2n) is 11.7. The molecule has 4 rings (SSSR count). The average molecular weight is 482 g/mol. The van der Waals surface area contributed by atoms with Gasteiger partial charge in [-0.2, -0.15) is 0 Å². The van der Waals surface area contributed by atoms with E-state index in [0.29, 0.717) is 12.3 Å². The highest BCUT2D eigenvalue weighted by atomic mass is 16.5. The lowest BCUT2D eigenvalue weighted by Gasteiger charge is -2.36. The third-order valence-corrected chi connectivity index (χ3v) is 8.27. The Balaban J connectivity index is 1.52. The van der Waals surface area contributed by atoms with Crippen LogP contribution in [-0.4, -0.2) is 36.1 Å². The standard InChI is InChI=1S/C31H47NO3/c1-5-6-8-12-23(2)15-16-24-21-27(34-29(33)17-20-32-18-9-7-10-19-32)30-25-13-11-14-26(25)31(3,4)35-28(30)22-24/h21-23H,5-20H2,1-4H3. The Kier molecular flexibility index (Phi) is 8.97. The number of unbranched alkanes of at least 4 members (excludes halogenated alkanes) is 2. The van der Waals surface area contributed by atoms with E-state index in [1.165, 1.54) is 61.7 Å². The van der Waals surface area contributed by atoms with Crippen molar-refractivity contribution in [3.8, 4) is 11.5 Å². The van der Waals surface area contributed by atoms with Gasteiger partial charge in [-0.15, -0.1) is 0 Å². The number of allylic oxidation sites excluding steroid dienone is 1. The Hall–Kier alpha value is -1.81. The van der Waals surface area contributed by atoms with Crippen LogP contribution in [0.3, 0.4) is 0 Å². The van der Waals surface area contributed by atoms with E-state index in [2.05, 4.69) is 44.7 Å². The van der Waals surface area contributed by atoms with Crippen LogP contribution < -0.4 is 9.47 Å². The molecule has 2 aliphatic heterocycles. The average Bonchev–Trinajstić information content (AvgIpc) is 3.33. The van der Waals surface area contributed by atoms with E-state index in [4.69, 9.17) is 9.47 Å². The fraction of sp³-hybridized carbons (Fsp3) is 0.710. The van der Waals surface area contributed by atoms with Gasteiger partial charge in [0.05, 0.1) is 12.0 Å². The first kappa shape index (κ1) is 26.3. The Bertz CT molecular complexity index is 910. The molecule has 0 N–H and O–H groups in total. The number of hydrogen-bond acceptors (Lipinski definition) is 4. The van der Waals surface area contributed by atoms with Crippen molar-refractivity contribution in [2.75, 3.05) is 19.6 Å². The quantitative estimate of drug-likeness (QED) is 0.184. The lowest BCUT2D eigenvalue weighted by Crippen LogP contribution is -2.34. The summed E-state index contributed by atoms with van der Waals surface area (Å²) < 4.78 is 12.7. The summed E-state index contributed by atoms with van der Waals surface area (Å²) in [6.07, 6.45) is 14.9. The van der Waals surface area contributed by atoms with E-state index >= 15 is 0 Å². The van der Waals surface area contributed by atoms with Crippen molar-refractivity contribution in [2.24, 2.45) is 5.92 Å². The molecular formula is C31H47NO3. The molecule has 1 aliphatic carbocycles. The first-order valence-electron chi connectivity index (χ1n) is 14.4. The zero-order valence-corrected chi connectivity index (χ0v) is 22.7. The summed E-state index contributed by atoms with van der Waals surface area (Å²) in [5.74, 6) is 2.22. The van der Waals surface area contributed by atoms with Crippen molar-refractivity contribution in [3.63, 3.8) is 0 Å². The minimum absolute atomic E-state index is 0.118. The molecule has 1 unspecified atom stereocenters. The number of benzene rings is 1. The molecule has 0 amide bonds. The highest BCUT2D eigenvalue weighted by Gasteiger charge is 2.39. The minimum Gasteiger partial charge on any atom is -0.483 e. The van der Waals surface area contributed by atoms with Crippen molar-refractivity contribution in [1.82, 2.24) is 4.90 Å². The fourth-order valence-electron chi connectivity index (χ4n) is 6.17. The van der Waals surface area contributed by atoms with Gasteiger partial charge in [0.15, 0.2) is 0 Å². The molecule has 35 heavy (non-hydrogen) atoms. The van der Waals surface area contributed by atoms with E-state index in [9.17, 15) is 4.79 Å². The molecule has 1 aromatic rings. The van der Waals surface area contributed by atoms with Gasteiger partial charge in [0, 0.05) is 6.54 Å². The molecule has 194 valence electrons. The Morgan fingerprint density at radius 2 is 1.89 bits per heavy atom. The number of nitrogens with zero attached hydrogens (tertiary/aromatic N) is 1. The monoisotopic (exact) mass is 481 g/mol. The topological polar surface area (TPSA) is 38.8 Å². The lowest BCUT2D eigenvalue weighted by atomic mass is 9.86. The number of fused-ring (bicyclic) bond motifs is 2. The summed E-state index contributed by atoms with van der Waals surface area (Å²) in [5, 5.41) is 0. The van der Waals surface area contributed by atoms with E-state index < -0.39 is 0 Å². The second-order valence-corrected chi connectivity index (χ2v) is 11.7. The maximum absolute atomic E-state index is 13.0. The summed E-state index contributed by atoms with van der Waals surface area (Å²) in [5.41, 5.74) is 4.72. The minimum atomic E-state index is -0.291. The first-order valence-corrected chi connectivity index (χ1v) is 14.4. The summed E-state index contributed by atoms with van der Waals surface area (Å²) in [6, 6.07) is 4.37. The first-order chi connectivity index (χ1) is 16.9. The number of ether oxygens (including phenoxy) is 2. The number of carbonyl (C=O) groups is 1. The smallest absolute Gasteiger partial charge is 0.312 e. The summed E-state index contributed by atoms with van der Waals surface area (Å²) in [7, 11) is 0. The SMILES string of the molecule is CCCCCC(C)CCc1cc(OC(=O)CCN2CCCCC2)c2c(c1)OC(C)(C)C1=C2CCC1. The van der Waals surface area contributed by atoms with Crippen LogP contribution in [0.5, 0.6) is 11.5 Å². The molecule has 0 saturated carbocycles. The molecule has 3 aliphatic rings. The van der Waals surface area contributed by atoms with Crippen molar-refractivity contribution >= 4 is 11.5 Å². The van der Waals surface area contributed by atoms with Crippen LogP contribution in [0.25, 0.3) is 5.57 Å². The Labute approximate surface area is 213 Å². The molecule has 2 heterocycles. The third kappa shape index (κ3) is 6.70. The van der Waals surface area contributed by atoms with Gasteiger partial charge in [-0.1, -0.05) is 46.0 Å². The van der Waals surface area contributed by atoms with E-state index in [1.54, 1.807) is 0 Å². The van der Waals surface area contributed by atoms with Crippen LogP contribution in [-0.2, 0) is 11.2 Å². The van der Waals surface area contributed by atoms with Crippen molar-refractivity contribution in [1.29, 1.82) is 0 Å². The predicted molar refractivity (Wildman–Crippen MR) is 144 cm³/mol. The van der Waals surface area contributed by atoms with Gasteiger partial charge in [0.25, 0.3) is 0 Å². The zero-order valence-electron chi connectivity index (χ0n) is 22.7. The molecule has 4 heteroatoms. The normalized spacial score (nSPS) is 20.2. The van der Waals surface area contributed by atoms with Crippen LogP contribution in [0.1, 0.15) is 116 Å². The van der Waals surface area contributed by atoms with Crippen molar-refractivity contribution in [2.45, 2.75) is 117 Å². The number of rotatable bonds is 11. The van der Waals surface area contributed by atoms with Gasteiger partial charge in [0.1, 0.15) is 17.1 Å². The van der Waals surface area contributed by atoms with E-state index in [-0.39, 0.29) is 11.6 Å². The van der Waals surface area contributed by atoms with Gasteiger partial charge in [-0.05, 0) is 107 Å². The number of piperidine rings is 1. The van der Waals surface area contributed by atoms with E-state index in [0.717, 1.165) is 68.8 Å². The molecule has 0 spiro atoms. The van der Waals surface area contributed by atoms with Gasteiger partial charge >= 0.3 is 5.97 Å². The van der Waals surface area contributed by atoms with Crippen LogP contribution in [0.15, 0.2) is 17.7 Å². The summed E-state index contributed by atoms with van der Waals surface area (Å²) in [6.45, 7) is 12.0. The summed E-state index contributed by atoms with van der Waals surface area (Å²) in [4.78, 5) is 15.4. The van der Waals surface area contributed by atoms with Gasteiger partial charge in [0.2, 0.25) is 0 Å². The van der Waals surface area contributed by atoms with Gasteiger partial charge < -0.3 is 14.4 Å². The molecule has 4 nitrogen and oxygen atoms in total. The lowest BCUT2D eigenvalue weighted by molar-refractivity contribution is -0.134. The summed E-state index contributed by atoms with van der Waals surface area (Å²) >= 11 is 0. The Morgan fingerprint density at radius 3 is 2.66 bits per heavy atom. The van der Waals surface area contributed by atoms with Crippen LogP contribution >= 0.6 is 0 Å². The van der Waals surface area contributed by atoms with Gasteiger partial charge in [-0.25, -0.2) is 0 Å². The second kappa shape index (κ2) is 12.0. The molecule has 0 aromatic heterocycles.